The minimum atomic E-state index is 0.911. The van der Waals surface area contributed by atoms with Crippen molar-refractivity contribution < 1.29 is 4.79 Å². The molecule has 0 bridgehead atoms. The highest BCUT2D eigenvalue weighted by Crippen LogP contribution is 2.16. The van der Waals surface area contributed by atoms with Gasteiger partial charge in [0.15, 0.2) is 0 Å². The molecule has 0 aliphatic heterocycles. The third kappa shape index (κ3) is 2.04. The Labute approximate surface area is 73.9 Å². The molecule has 1 aromatic rings. The summed E-state index contributed by atoms with van der Waals surface area (Å²) in [6, 6.07) is 5.78. The molecule has 0 heterocycles. The van der Waals surface area contributed by atoms with Gasteiger partial charge in [0, 0.05) is 10.5 Å². The Morgan fingerprint density at radius 2 is 2.27 bits per heavy atom. The highest BCUT2D eigenvalue weighted by molar-refractivity contribution is 9.10. The second-order valence-corrected chi connectivity index (χ2v) is 3.18. The Balaban J connectivity index is 3.22. The van der Waals surface area contributed by atoms with Crippen molar-refractivity contribution in [3.63, 3.8) is 0 Å². The summed E-state index contributed by atoms with van der Waals surface area (Å²) in [5.41, 5.74) is 1.99. The third-order valence-electron chi connectivity index (χ3n) is 1.46. The molecule has 0 N–H and O–H groups in total. The Kier molecular flexibility index (Phi) is 2.64. The van der Waals surface area contributed by atoms with Crippen LogP contribution in [0.3, 0.4) is 0 Å². The lowest BCUT2D eigenvalue weighted by atomic mass is 10.1. The highest BCUT2D eigenvalue weighted by Gasteiger charge is 1.94. The van der Waals surface area contributed by atoms with Gasteiger partial charge in [0.2, 0.25) is 0 Å². The molecular weight excluding hydrogens is 204 g/mol. The maximum Gasteiger partial charge on any atom is 0.125 e. The van der Waals surface area contributed by atoms with Crippen LogP contribution in [0.1, 0.15) is 11.1 Å². The van der Waals surface area contributed by atoms with Crippen molar-refractivity contribution in [1.82, 2.24) is 0 Å². The minimum Gasteiger partial charge on any atom is -0.233 e. The van der Waals surface area contributed by atoms with Crippen LogP contribution >= 0.6 is 15.9 Å². The van der Waals surface area contributed by atoms with E-state index in [0.29, 0.717) is 0 Å². The van der Waals surface area contributed by atoms with Crippen molar-refractivity contribution >= 4 is 27.9 Å². The quantitative estimate of drug-likeness (QED) is 0.652. The minimum absolute atomic E-state index is 0.911. The van der Waals surface area contributed by atoms with E-state index in [1.54, 1.807) is 5.94 Å². The monoisotopic (exact) mass is 210 g/mol. The summed E-state index contributed by atoms with van der Waals surface area (Å²) in [5, 5.41) is 0. The smallest absolute Gasteiger partial charge is 0.125 e. The van der Waals surface area contributed by atoms with Crippen LogP contribution in [0, 0.1) is 6.92 Å². The van der Waals surface area contributed by atoms with Gasteiger partial charge in [-0.05, 0) is 30.2 Å². The standard InChI is InChI=1S/C9H7BrO/c1-7-2-3-9(10)6-8(7)4-5-11/h2-4,6H,1H3. The lowest BCUT2D eigenvalue weighted by molar-refractivity contribution is 0.570. The predicted molar refractivity (Wildman–Crippen MR) is 49.0 cm³/mol. The van der Waals surface area contributed by atoms with Gasteiger partial charge in [0.05, 0.1) is 0 Å². The molecule has 0 unspecified atom stereocenters. The fourth-order valence-electron chi connectivity index (χ4n) is 0.830. The van der Waals surface area contributed by atoms with Crippen molar-refractivity contribution in [1.29, 1.82) is 0 Å². The Morgan fingerprint density at radius 3 is 2.91 bits per heavy atom. The van der Waals surface area contributed by atoms with E-state index in [-0.39, 0.29) is 0 Å². The number of aryl methyl sites for hydroxylation is 1. The van der Waals surface area contributed by atoms with Crippen LogP contribution in [-0.2, 0) is 4.79 Å². The largest absolute Gasteiger partial charge is 0.233 e. The van der Waals surface area contributed by atoms with Crippen LogP contribution < -0.4 is 0 Å². The van der Waals surface area contributed by atoms with E-state index in [2.05, 4.69) is 15.9 Å². The molecule has 0 aliphatic rings. The first-order valence-corrected chi connectivity index (χ1v) is 4.00. The molecule has 0 fully saturated rings. The normalized spacial score (nSPS) is 8.91. The number of hydrogen-bond donors (Lipinski definition) is 0. The van der Waals surface area contributed by atoms with E-state index >= 15 is 0 Å². The second-order valence-electron chi connectivity index (χ2n) is 2.26. The summed E-state index contributed by atoms with van der Waals surface area (Å²) < 4.78 is 0.976. The van der Waals surface area contributed by atoms with Gasteiger partial charge < -0.3 is 0 Å². The van der Waals surface area contributed by atoms with Gasteiger partial charge in [-0.1, -0.05) is 22.0 Å². The van der Waals surface area contributed by atoms with Crippen LogP contribution in [-0.4, -0.2) is 5.94 Å². The molecule has 0 spiro atoms. The molecule has 56 valence electrons. The van der Waals surface area contributed by atoms with Crippen molar-refractivity contribution in [2.24, 2.45) is 0 Å². The summed E-state index contributed by atoms with van der Waals surface area (Å²) in [7, 11) is 0. The zero-order valence-corrected chi connectivity index (χ0v) is 7.68. The van der Waals surface area contributed by atoms with Crippen LogP contribution in [0.2, 0.25) is 0 Å². The van der Waals surface area contributed by atoms with Crippen molar-refractivity contribution in [2.75, 3.05) is 0 Å². The summed E-state index contributed by atoms with van der Waals surface area (Å²) in [4.78, 5) is 10.0. The number of benzene rings is 1. The van der Waals surface area contributed by atoms with Gasteiger partial charge in [-0.25, -0.2) is 4.79 Å². The topological polar surface area (TPSA) is 17.1 Å². The Hall–Kier alpha value is -0.850. The number of carbonyl (C=O) groups excluding carboxylic acids is 1. The Morgan fingerprint density at radius 1 is 1.55 bits per heavy atom. The average Bonchev–Trinajstić information content (AvgIpc) is 1.98. The highest BCUT2D eigenvalue weighted by atomic mass is 79.9. The van der Waals surface area contributed by atoms with Crippen molar-refractivity contribution in [3.8, 4) is 0 Å². The molecular formula is C9H7BrO. The first kappa shape index (κ1) is 8.25. The van der Waals surface area contributed by atoms with Crippen LogP contribution in [0.4, 0.5) is 0 Å². The maximum atomic E-state index is 10.0. The molecule has 0 aromatic heterocycles. The van der Waals surface area contributed by atoms with Gasteiger partial charge >= 0.3 is 0 Å². The average molecular weight is 211 g/mol. The molecule has 0 saturated heterocycles. The molecule has 2 heteroatoms. The zero-order valence-electron chi connectivity index (χ0n) is 6.10. The summed E-state index contributed by atoms with van der Waals surface area (Å²) in [5.74, 6) is 1.76. The second kappa shape index (κ2) is 3.51. The first-order valence-electron chi connectivity index (χ1n) is 3.21. The molecule has 1 aromatic carbocycles. The lowest BCUT2D eigenvalue weighted by Gasteiger charge is -1.97. The van der Waals surface area contributed by atoms with E-state index in [9.17, 15) is 4.79 Å². The van der Waals surface area contributed by atoms with Crippen LogP contribution in [0.5, 0.6) is 0 Å². The molecule has 0 aliphatic carbocycles. The summed E-state index contributed by atoms with van der Waals surface area (Å²) in [6.07, 6.45) is 1.43. The number of halogens is 1. The van der Waals surface area contributed by atoms with Gasteiger partial charge in [-0.2, -0.15) is 0 Å². The summed E-state index contributed by atoms with van der Waals surface area (Å²) >= 11 is 3.32. The zero-order chi connectivity index (χ0) is 8.27. The van der Waals surface area contributed by atoms with Gasteiger partial charge in [-0.3, -0.25) is 0 Å². The van der Waals surface area contributed by atoms with Crippen molar-refractivity contribution in [2.45, 2.75) is 6.92 Å². The van der Waals surface area contributed by atoms with E-state index in [4.69, 9.17) is 0 Å². The predicted octanol–water partition coefficient (Wildman–Crippen LogP) is 2.60. The van der Waals surface area contributed by atoms with E-state index < -0.39 is 0 Å². The lowest BCUT2D eigenvalue weighted by Crippen LogP contribution is -1.79. The van der Waals surface area contributed by atoms with Gasteiger partial charge in [-0.15, -0.1) is 0 Å². The molecule has 11 heavy (non-hydrogen) atoms. The van der Waals surface area contributed by atoms with Crippen LogP contribution in [0.25, 0.3) is 6.08 Å². The van der Waals surface area contributed by atoms with E-state index in [0.717, 1.165) is 15.6 Å². The molecule has 1 rings (SSSR count). The Bertz CT molecular complexity index is 311. The maximum absolute atomic E-state index is 10.0. The summed E-state index contributed by atoms with van der Waals surface area (Å²) in [6.45, 7) is 1.95. The van der Waals surface area contributed by atoms with E-state index in [1.807, 2.05) is 25.1 Å². The van der Waals surface area contributed by atoms with Crippen LogP contribution in [0.15, 0.2) is 22.7 Å². The fraction of sp³-hybridized carbons (Fsp3) is 0.111. The third-order valence-corrected chi connectivity index (χ3v) is 1.95. The van der Waals surface area contributed by atoms with Gasteiger partial charge in [0.25, 0.3) is 0 Å². The van der Waals surface area contributed by atoms with E-state index in [1.165, 1.54) is 6.08 Å². The fourth-order valence-corrected chi connectivity index (χ4v) is 1.21. The number of rotatable bonds is 1. The molecule has 0 saturated carbocycles. The molecule has 0 atom stereocenters. The molecule has 0 amide bonds. The SMILES string of the molecule is Cc1ccc(Br)cc1C=C=O. The van der Waals surface area contributed by atoms with Gasteiger partial charge in [0.1, 0.15) is 5.94 Å². The molecule has 0 radical (unpaired) electrons. The number of hydrogen-bond acceptors (Lipinski definition) is 1. The first-order chi connectivity index (χ1) is 5.24. The molecule has 1 nitrogen and oxygen atoms in total. The van der Waals surface area contributed by atoms with Crippen molar-refractivity contribution in [3.05, 3.63) is 33.8 Å².